The topological polar surface area (TPSA) is 121 Å². The summed E-state index contributed by atoms with van der Waals surface area (Å²) in [5.74, 6) is 0.832. The number of allylic oxidation sites excluding steroid dienone is 2. The van der Waals surface area contributed by atoms with Crippen LogP contribution in [-0.4, -0.2) is 46.3 Å². The van der Waals surface area contributed by atoms with Gasteiger partial charge in [-0.05, 0) is 74.5 Å². The number of piperidine rings is 1. The Morgan fingerprint density at radius 2 is 1.97 bits per heavy atom. The molecule has 5 rings (SSSR count). The van der Waals surface area contributed by atoms with Gasteiger partial charge in [0.25, 0.3) is 5.56 Å². The molecule has 0 radical (unpaired) electrons. The molecule has 2 N–H and O–H groups in total. The van der Waals surface area contributed by atoms with E-state index >= 15 is 0 Å². The lowest BCUT2D eigenvalue weighted by Crippen LogP contribution is -2.54. The van der Waals surface area contributed by atoms with Gasteiger partial charge in [0.05, 0.1) is 12.8 Å². The number of halogens is 1. The second-order valence-corrected chi connectivity index (χ2v) is 12.4. The molecule has 0 aromatic carbocycles. The predicted molar refractivity (Wildman–Crippen MR) is 142 cm³/mol. The fraction of sp³-hybridized carbons (Fsp3) is 0.679. The number of hydrogen-bond acceptors (Lipinski definition) is 6. The molecular weight excluding hydrogens is 508 g/mol. The largest absolute Gasteiger partial charge is 0.462 e. The zero-order valence-corrected chi connectivity index (χ0v) is 23.3. The minimum absolute atomic E-state index is 0.0224. The van der Waals surface area contributed by atoms with Crippen LogP contribution in [0.2, 0.25) is 0 Å². The highest BCUT2D eigenvalue weighted by molar-refractivity contribution is 6.30. The molecule has 10 heteroatoms. The van der Waals surface area contributed by atoms with E-state index in [1.54, 1.807) is 11.8 Å². The predicted octanol–water partition coefficient (Wildman–Crippen LogP) is 4.45. The van der Waals surface area contributed by atoms with Crippen LogP contribution < -0.4 is 10.9 Å². The van der Waals surface area contributed by atoms with Crippen molar-refractivity contribution in [2.24, 2.45) is 34.5 Å². The first-order valence-electron chi connectivity index (χ1n) is 13.7. The van der Waals surface area contributed by atoms with Crippen molar-refractivity contribution in [3.63, 3.8) is 0 Å². The lowest BCUT2D eigenvalue weighted by Gasteiger charge is -2.59. The van der Waals surface area contributed by atoms with Crippen molar-refractivity contribution in [3.05, 3.63) is 32.8 Å². The Kier molecular flexibility index (Phi) is 6.95. The molecule has 3 aliphatic carbocycles. The highest BCUT2D eigenvalue weighted by Crippen LogP contribution is 2.67. The van der Waals surface area contributed by atoms with Crippen molar-refractivity contribution in [1.29, 1.82) is 0 Å². The number of aromatic amines is 1. The number of hydrogen-bond donors (Lipinski definition) is 2. The maximum atomic E-state index is 13.0. The molecule has 2 unspecified atom stereocenters. The van der Waals surface area contributed by atoms with E-state index < -0.39 is 11.5 Å². The molecule has 2 amide bonds. The second kappa shape index (κ2) is 9.81. The lowest BCUT2D eigenvalue weighted by molar-refractivity contribution is -0.136. The van der Waals surface area contributed by atoms with Gasteiger partial charge >= 0.3 is 5.97 Å². The van der Waals surface area contributed by atoms with E-state index in [-0.39, 0.29) is 46.7 Å². The number of anilines is 1. The van der Waals surface area contributed by atoms with E-state index in [9.17, 15) is 19.2 Å². The number of esters is 1. The van der Waals surface area contributed by atoms with Crippen molar-refractivity contribution in [2.45, 2.75) is 72.1 Å². The monoisotopic (exact) mass is 544 g/mol. The number of carbonyl (C=O) groups excluding carboxylic acids is 3. The summed E-state index contributed by atoms with van der Waals surface area (Å²) in [6, 6.07) is 0. The standard InChI is InChI=1S/C28H37ClN4O5/c1-5-38-25(37)17-14-30-26(32-24(17)36)31-21(34)12-15-6-7-18-16-13-20(29)23-28(3,11-9-22(35)33(23)4)19(16)8-10-27(15,18)2/h14-16,18-19H,5-13H2,1-4H3,(H2,30,31,32,34,36)/t15-,16?,18+,19?,27-,28-/m1/s1. The number of aromatic nitrogens is 2. The van der Waals surface area contributed by atoms with Crippen LogP contribution in [0.5, 0.6) is 0 Å². The minimum Gasteiger partial charge on any atom is -0.462 e. The van der Waals surface area contributed by atoms with Gasteiger partial charge in [0.1, 0.15) is 5.56 Å². The third-order valence-electron chi connectivity index (χ3n) is 10.2. The molecule has 4 aliphatic rings. The lowest BCUT2D eigenvalue weighted by atomic mass is 9.49. The number of fused-ring (bicyclic) bond motifs is 5. The van der Waals surface area contributed by atoms with Gasteiger partial charge in [0, 0.05) is 36.0 Å². The zero-order chi connectivity index (χ0) is 27.4. The first kappa shape index (κ1) is 26.9. The SMILES string of the molecule is CCOC(=O)c1cnc(NC(=O)C[C@H]2CC[C@H]3C4CC(Cl)=C5N(C)C(=O)CC[C@]5(C)C4CC[C@]23C)[nH]c1=O. The first-order chi connectivity index (χ1) is 18.0. The quantitative estimate of drug-likeness (QED) is 0.528. The van der Waals surface area contributed by atoms with Crippen molar-refractivity contribution < 1.29 is 19.1 Å². The number of amides is 2. The Balaban J connectivity index is 1.29. The molecule has 3 fully saturated rings. The summed E-state index contributed by atoms with van der Waals surface area (Å²) >= 11 is 6.92. The van der Waals surface area contributed by atoms with Gasteiger partial charge < -0.3 is 9.64 Å². The highest BCUT2D eigenvalue weighted by Gasteiger charge is 2.60. The zero-order valence-electron chi connectivity index (χ0n) is 22.6. The Hall–Kier alpha value is -2.68. The number of ether oxygens (including phenoxy) is 1. The van der Waals surface area contributed by atoms with Gasteiger partial charge in [-0.25, -0.2) is 9.78 Å². The van der Waals surface area contributed by atoms with Crippen molar-refractivity contribution in [2.75, 3.05) is 19.0 Å². The summed E-state index contributed by atoms with van der Waals surface area (Å²) in [6.07, 6.45) is 7.80. The summed E-state index contributed by atoms with van der Waals surface area (Å²) in [5.41, 5.74) is 0.120. The van der Waals surface area contributed by atoms with Gasteiger partial charge in [-0.3, -0.25) is 24.7 Å². The Bertz CT molecular complexity index is 1260. The molecular formula is C28H37ClN4O5. The number of nitrogens with zero attached hydrogens (tertiary/aromatic N) is 2. The number of likely N-dealkylation sites (tertiary alicyclic amines) is 1. The third-order valence-corrected chi connectivity index (χ3v) is 10.5. The summed E-state index contributed by atoms with van der Waals surface area (Å²) in [4.78, 5) is 57.9. The van der Waals surface area contributed by atoms with Gasteiger partial charge in [0.15, 0.2) is 0 Å². The molecule has 0 spiro atoms. The number of rotatable bonds is 5. The Morgan fingerprint density at radius 1 is 1.21 bits per heavy atom. The highest BCUT2D eigenvalue weighted by atomic mass is 35.5. The summed E-state index contributed by atoms with van der Waals surface area (Å²) < 4.78 is 4.85. The summed E-state index contributed by atoms with van der Waals surface area (Å²) in [5, 5.41) is 3.54. The van der Waals surface area contributed by atoms with Crippen LogP contribution in [0, 0.1) is 34.5 Å². The minimum atomic E-state index is -0.746. The summed E-state index contributed by atoms with van der Waals surface area (Å²) in [6.45, 7) is 6.44. The maximum Gasteiger partial charge on any atom is 0.345 e. The average molecular weight is 545 g/mol. The molecule has 1 aliphatic heterocycles. The van der Waals surface area contributed by atoms with E-state index in [2.05, 4.69) is 29.1 Å². The molecule has 1 saturated heterocycles. The van der Waals surface area contributed by atoms with Crippen molar-refractivity contribution >= 4 is 35.3 Å². The molecule has 1 aromatic rings. The van der Waals surface area contributed by atoms with Crippen LogP contribution >= 0.6 is 11.6 Å². The van der Waals surface area contributed by atoms with Gasteiger partial charge in [-0.15, -0.1) is 0 Å². The Morgan fingerprint density at radius 3 is 2.68 bits per heavy atom. The molecule has 1 aromatic heterocycles. The van der Waals surface area contributed by atoms with E-state index in [0.29, 0.717) is 30.6 Å². The first-order valence-corrected chi connectivity index (χ1v) is 14.1. The van der Waals surface area contributed by atoms with E-state index in [0.717, 1.165) is 55.5 Å². The molecule has 2 heterocycles. The Labute approximate surface area is 227 Å². The molecule has 38 heavy (non-hydrogen) atoms. The van der Waals surface area contributed by atoms with E-state index in [4.69, 9.17) is 16.3 Å². The van der Waals surface area contributed by atoms with Crippen LogP contribution in [0.15, 0.2) is 21.7 Å². The molecule has 206 valence electrons. The van der Waals surface area contributed by atoms with Gasteiger partial charge in [0.2, 0.25) is 17.8 Å². The van der Waals surface area contributed by atoms with Crippen LogP contribution in [0.4, 0.5) is 5.95 Å². The number of H-pyrrole nitrogens is 1. The number of nitrogens with one attached hydrogen (secondary N) is 2. The van der Waals surface area contributed by atoms with Gasteiger partial charge in [-0.1, -0.05) is 25.4 Å². The summed E-state index contributed by atoms with van der Waals surface area (Å²) in [7, 11) is 1.86. The maximum absolute atomic E-state index is 13.0. The molecule has 6 atom stereocenters. The van der Waals surface area contributed by atoms with Crippen LogP contribution in [0.3, 0.4) is 0 Å². The van der Waals surface area contributed by atoms with Crippen molar-refractivity contribution in [3.8, 4) is 0 Å². The molecule has 9 nitrogen and oxygen atoms in total. The van der Waals surface area contributed by atoms with Gasteiger partial charge in [-0.2, -0.15) is 0 Å². The van der Waals surface area contributed by atoms with E-state index in [1.807, 2.05) is 7.05 Å². The normalized spacial score (nSPS) is 34.3. The third kappa shape index (κ3) is 4.27. The van der Waals surface area contributed by atoms with Crippen LogP contribution in [0.1, 0.15) is 82.5 Å². The smallest absolute Gasteiger partial charge is 0.345 e. The fourth-order valence-corrected chi connectivity index (χ4v) is 8.86. The van der Waals surface area contributed by atoms with Crippen molar-refractivity contribution in [1.82, 2.24) is 14.9 Å². The average Bonchev–Trinajstić information content (AvgIpc) is 3.18. The molecule has 0 bridgehead atoms. The van der Waals surface area contributed by atoms with Crippen LogP contribution in [-0.2, 0) is 14.3 Å². The fourth-order valence-electron chi connectivity index (χ4n) is 8.34. The van der Waals surface area contributed by atoms with E-state index in [1.165, 1.54) is 0 Å². The number of carbonyl (C=O) groups is 3. The second-order valence-electron chi connectivity index (χ2n) is 12.0. The molecule has 2 saturated carbocycles. The van der Waals surface area contributed by atoms with Crippen LogP contribution in [0.25, 0.3) is 0 Å².